The van der Waals surface area contributed by atoms with Crippen molar-refractivity contribution in [3.63, 3.8) is 0 Å². The Labute approximate surface area is 258 Å². The number of ether oxygens (including phenoxy) is 1. The van der Waals surface area contributed by atoms with Gasteiger partial charge >= 0.3 is 19.8 Å². The van der Waals surface area contributed by atoms with E-state index in [1.54, 1.807) is 0 Å². The summed E-state index contributed by atoms with van der Waals surface area (Å²) in [6, 6.07) is -1.54. The normalized spacial score (nSPS) is 14.3. The summed E-state index contributed by atoms with van der Waals surface area (Å²) in [5, 5.41) is 21.6. The minimum absolute atomic E-state index is 0.136. The molecule has 0 radical (unpaired) electrons. The molecule has 0 bridgehead atoms. The Hall–Kier alpha value is -1.78. The van der Waals surface area contributed by atoms with Crippen LogP contribution in [0.3, 0.4) is 0 Å². The van der Waals surface area contributed by atoms with Crippen LogP contribution >= 0.6 is 7.82 Å². The maximum atomic E-state index is 12.1. The molecule has 0 heterocycles. The van der Waals surface area contributed by atoms with Crippen molar-refractivity contribution in [1.82, 2.24) is 5.32 Å². The number of rotatable bonds is 30. The molecule has 3 atom stereocenters. The summed E-state index contributed by atoms with van der Waals surface area (Å²) >= 11 is 0. The topological polar surface area (TPSA) is 169 Å². The Morgan fingerprint density at radius 2 is 1.26 bits per heavy atom. The van der Waals surface area contributed by atoms with Crippen LogP contribution < -0.4 is 5.32 Å². The molecular formula is C31H58NO10P. The van der Waals surface area contributed by atoms with Gasteiger partial charge in [0.05, 0.1) is 13.2 Å². The van der Waals surface area contributed by atoms with Gasteiger partial charge in [-0.3, -0.25) is 18.6 Å². The summed E-state index contributed by atoms with van der Waals surface area (Å²) in [6.45, 7) is 2.44. The molecule has 0 aliphatic heterocycles. The SMILES string of the molecule is CCC/C=C\CCCCCCCC(=O)NC(COP(=O)(O)OCC(O)COC(=O)CCCCCCCCCCC)C(=O)O. The Bertz CT molecular complexity index is 807. The van der Waals surface area contributed by atoms with E-state index < -0.39 is 57.6 Å². The maximum absolute atomic E-state index is 12.1. The standard InChI is InChI=1S/C31H58NO10P/c1-3-5-7-9-11-13-15-16-18-20-22-29(34)32-28(31(36)37)26-42-43(38,39)41-25-27(33)24-40-30(35)23-21-19-17-14-12-10-8-6-4-2/h7,9,27-28,33H,3-6,8,10-26H2,1-2H3,(H,32,34)(H,36,37)(H,38,39)/b9-7-. The van der Waals surface area contributed by atoms with Gasteiger partial charge in [-0.1, -0.05) is 103 Å². The van der Waals surface area contributed by atoms with E-state index in [-0.39, 0.29) is 12.8 Å². The average Bonchev–Trinajstić information content (AvgIpc) is 2.97. The van der Waals surface area contributed by atoms with Crippen LogP contribution in [0.25, 0.3) is 0 Å². The quantitative estimate of drug-likeness (QED) is 0.0292. The first kappa shape index (κ1) is 41.2. The summed E-state index contributed by atoms with van der Waals surface area (Å²) < 4.78 is 26.5. The second kappa shape index (κ2) is 27.7. The van der Waals surface area contributed by atoms with E-state index in [0.717, 1.165) is 64.2 Å². The van der Waals surface area contributed by atoms with Crippen molar-refractivity contribution in [1.29, 1.82) is 0 Å². The van der Waals surface area contributed by atoms with Crippen LogP contribution in [0.15, 0.2) is 12.2 Å². The third kappa shape index (κ3) is 27.5. The molecule has 0 aliphatic carbocycles. The maximum Gasteiger partial charge on any atom is 0.472 e. The molecule has 11 nitrogen and oxygen atoms in total. The predicted octanol–water partition coefficient (Wildman–Crippen LogP) is 6.60. The number of carbonyl (C=O) groups excluding carboxylic acids is 2. The molecule has 0 saturated heterocycles. The molecule has 252 valence electrons. The third-order valence-electron chi connectivity index (χ3n) is 6.79. The van der Waals surface area contributed by atoms with Gasteiger partial charge in [0.1, 0.15) is 12.7 Å². The molecule has 0 aliphatic rings. The number of phosphoric ester groups is 1. The van der Waals surface area contributed by atoms with E-state index >= 15 is 0 Å². The largest absolute Gasteiger partial charge is 0.480 e. The van der Waals surface area contributed by atoms with Gasteiger partial charge in [-0.2, -0.15) is 0 Å². The zero-order valence-electron chi connectivity index (χ0n) is 26.5. The monoisotopic (exact) mass is 635 g/mol. The van der Waals surface area contributed by atoms with Gasteiger partial charge < -0.3 is 25.2 Å². The van der Waals surface area contributed by atoms with Crippen molar-refractivity contribution in [3.8, 4) is 0 Å². The summed E-state index contributed by atoms with van der Waals surface area (Å²) in [5.41, 5.74) is 0. The van der Waals surface area contributed by atoms with Gasteiger partial charge in [0.25, 0.3) is 0 Å². The molecule has 0 aromatic carbocycles. The number of unbranched alkanes of at least 4 members (excludes halogenated alkanes) is 14. The number of allylic oxidation sites excluding steroid dienone is 2. The Morgan fingerprint density at radius 3 is 1.86 bits per heavy atom. The van der Waals surface area contributed by atoms with Crippen molar-refractivity contribution in [2.24, 2.45) is 0 Å². The van der Waals surface area contributed by atoms with E-state index in [0.29, 0.717) is 12.8 Å². The number of hydrogen-bond donors (Lipinski definition) is 4. The predicted molar refractivity (Wildman–Crippen MR) is 166 cm³/mol. The second-order valence-corrected chi connectivity index (χ2v) is 12.5. The summed E-state index contributed by atoms with van der Waals surface area (Å²) in [6.07, 6.45) is 21.3. The fourth-order valence-corrected chi connectivity index (χ4v) is 4.97. The van der Waals surface area contributed by atoms with E-state index in [1.165, 1.54) is 32.1 Å². The number of carbonyl (C=O) groups is 3. The molecule has 3 unspecified atom stereocenters. The van der Waals surface area contributed by atoms with Crippen molar-refractivity contribution in [3.05, 3.63) is 12.2 Å². The Kier molecular flexibility index (Phi) is 26.6. The van der Waals surface area contributed by atoms with Crippen LogP contribution in [0.5, 0.6) is 0 Å². The lowest BCUT2D eigenvalue weighted by Crippen LogP contribution is -2.43. The van der Waals surface area contributed by atoms with E-state index in [4.69, 9.17) is 13.8 Å². The molecule has 0 saturated carbocycles. The van der Waals surface area contributed by atoms with E-state index in [2.05, 4.69) is 31.3 Å². The Balaban J connectivity index is 4.06. The van der Waals surface area contributed by atoms with Crippen molar-refractivity contribution in [2.45, 2.75) is 148 Å². The van der Waals surface area contributed by atoms with Crippen molar-refractivity contribution >= 4 is 25.7 Å². The third-order valence-corrected chi connectivity index (χ3v) is 7.74. The number of hydrogen-bond acceptors (Lipinski definition) is 8. The molecule has 0 aromatic heterocycles. The number of carboxylic acids is 1. The highest BCUT2D eigenvalue weighted by Crippen LogP contribution is 2.43. The fraction of sp³-hybridized carbons (Fsp3) is 0.839. The molecular weight excluding hydrogens is 577 g/mol. The lowest BCUT2D eigenvalue weighted by Gasteiger charge is -2.18. The van der Waals surface area contributed by atoms with Crippen LogP contribution in [-0.4, -0.2) is 64.9 Å². The van der Waals surface area contributed by atoms with Crippen LogP contribution in [-0.2, 0) is 32.7 Å². The van der Waals surface area contributed by atoms with Gasteiger partial charge in [0, 0.05) is 12.8 Å². The summed E-state index contributed by atoms with van der Waals surface area (Å²) in [7, 11) is -4.73. The number of aliphatic hydroxyl groups excluding tert-OH is 1. The second-order valence-electron chi connectivity index (χ2n) is 11.0. The molecule has 1 amide bonds. The molecule has 12 heteroatoms. The lowest BCUT2D eigenvalue weighted by molar-refractivity contribution is -0.147. The van der Waals surface area contributed by atoms with Crippen LogP contribution in [0.2, 0.25) is 0 Å². The van der Waals surface area contributed by atoms with Crippen LogP contribution in [0, 0.1) is 0 Å². The summed E-state index contributed by atoms with van der Waals surface area (Å²) in [5.74, 6) is -2.39. The minimum Gasteiger partial charge on any atom is -0.480 e. The van der Waals surface area contributed by atoms with Gasteiger partial charge in [-0.25, -0.2) is 9.36 Å². The number of carboxylic acid groups (broad SMARTS) is 1. The van der Waals surface area contributed by atoms with Crippen LogP contribution in [0.4, 0.5) is 0 Å². The van der Waals surface area contributed by atoms with E-state index in [1.807, 2.05) is 0 Å². The molecule has 43 heavy (non-hydrogen) atoms. The van der Waals surface area contributed by atoms with E-state index in [9.17, 15) is 34.1 Å². The van der Waals surface area contributed by atoms with Gasteiger partial charge in [0.15, 0.2) is 6.04 Å². The van der Waals surface area contributed by atoms with Crippen molar-refractivity contribution in [2.75, 3.05) is 19.8 Å². The smallest absolute Gasteiger partial charge is 0.472 e. The highest BCUT2D eigenvalue weighted by atomic mass is 31.2. The zero-order chi connectivity index (χ0) is 32.2. The number of phosphoric acid groups is 1. The molecule has 0 rings (SSSR count). The molecule has 4 N–H and O–H groups in total. The molecule has 0 aromatic rings. The van der Waals surface area contributed by atoms with Gasteiger partial charge in [-0.15, -0.1) is 0 Å². The average molecular weight is 636 g/mol. The highest BCUT2D eigenvalue weighted by molar-refractivity contribution is 7.47. The first-order chi connectivity index (χ1) is 20.6. The molecule has 0 spiro atoms. The zero-order valence-corrected chi connectivity index (χ0v) is 27.4. The number of aliphatic carboxylic acids is 1. The number of nitrogens with one attached hydrogen (secondary N) is 1. The fourth-order valence-electron chi connectivity index (χ4n) is 4.20. The number of esters is 1. The summed E-state index contributed by atoms with van der Waals surface area (Å²) in [4.78, 5) is 45.3. The molecule has 0 fully saturated rings. The highest BCUT2D eigenvalue weighted by Gasteiger charge is 2.28. The Morgan fingerprint density at radius 1 is 0.721 bits per heavy atom. The number of amides is 1. The first-order valence-corrected chi connectivity index (χ1v) is 17.7. The van der Waals surface area contributed by atoms with Gasteiger partial charge in [-0.05, 0) is 32.1 Å². The lowest BCUT2D eigenvalue weighted by atomic mass is 10.1. The first-order valence-electron chi connectivity index (χ1n) is 16.2. The van der Waals surface area contributed by atoms with Gasteiger partial charge in [0.2, 0.25) is 5.91 Å². The number of aliphatic hydroxyl groups is 1. The van der Waals surface area contributed by atoms with Crippen molar-refractivity contribution < 1.29 is 47.8 Å². The van der Waals surface area contributed by atoms with Crippen LogP contribution in [0.1, 0.15) is 136 Å². The minimum atomic E-state index is -4.73.